The van der Waals surface area contributed by atoms with Crippen molar-refractivity contribution < 1.29 is 4.79 Å². The molecule has 0 spiro atoms. The van der Waals surface area contributed by atoms with Gasteiger partial charge in [-0.2, -0.15) is 0 Å². The fraction of sp³-hybridized carbons (Fsp3) is 0.421. The topological polar surface area (TPSA) is 35.6 Å². The molecular weight excluding hydrogens is 318 g/mol. The van der Waals surface area contributed by atoms with Gasteiger partial charge in [0.1, 0.15) is 0 Å². The number of benzene rings is 1. The van der Waals surface area contributed by atoms with Gasteiger partial charge in [-0.1, -0.05) is 24.3 Å². The molecule has 0 atom stereocenters. The van der Waals surface area contributed by atoms with Crippen LogP contribution in [0.15, 0.2) is 41.8 Å². The zero-order valence-electron chi connectivity index (χ0n) is 14.4. The molecule has 1 fully saturated rings. The summed E-state index contributed by atoms with van der Waals surface area (Å²) in [5.74, 6) is 0. The molecule has 1 aromatic carbocycles. The first-order valence-electron chi connectivity index (χ1n) is 8.45. The first-order valence-corrected chi connectivity index (χ1v) is 9.33. The predicted molar refractivity (Wildman–Crippen MR) is 100 cm³/mol. The second-order valence-corrected chi connectivity index (χ2v) is 7.52. The summed E-state index contributed by atoms with van der Waals surface area (Å²) in [6, 6.07) is 13.4. The molecule has 0 unspecified atom stereocenters. The lowest BCUT2D eigenvalue weighted by Gasteiger charge is -2.33. The molecule has 0 saturated carbocycles. The van der Waals surface area contributed by atoms with Crippen molar-refractivity contribution in [2.45, 2.75) is 25.4 Å². The van der Waals surface area contributed by atoms with Crippen molar-refractivity contribution in [3.63, 3.8) is 0 Å². The summed E-state index contributed by atoms with van der Waals surface area (Å²) >= 11 is 1.78. The van der Waals surface area contributed by atoms with Crippen LogP contribution < -0.4 is 5.32 Å². The van der Waals surface area contributed by atoms with E-state index >= 15 is 0 Å². The highest BCUT2D eigenvalue weighted by molar-refractivity contribution is 7.13. The molecule has 0 radical (unpaired) electrons. The molecule has 2 amide bonds. The van der Waals surface area contributed by atoms with Gasteiger partial charge in [-0.25, -0.2) is 4.79 Å². The Balaban J connectivity index is 1.53. The second kappa shape index (κ2) is 7.81. The van der Waals surface area contributed by atoms with Crippen molar-refractivity contribution >= 4 is 17.4 Å². The number of hydrogen-bond acceptors (Lipinski definition) is 3. The van der Waals surface area contributed by atoms with E-state index < -0.39 is 0 Å². The van der Waals surface area contributed by atoms with Crippen LogP contribution in [0.1, 0.15) is 18.4 Å². The summed E-state index contributed by atoms with van der Waals surface area (Å²) in [7, 11) is 3.57. The van der Waals surface area contributed by atoms with E-state index in [1.54, 1.807) is 30.3 Å². The lowest BCUT2D eigenvalue weighted by Crippen LogP contribution is -2.47. The monoisotopic (exact) mass is 343 g/mol. The molecular formula is C19H25N3OS. The van der Waals surface area contributed by atoms with Gasteiger partial charge >= 0.3 is 6.03 Å². The molecule has 0 bridgehead atoms. The van der Waals surface area contributed by atoms with Crippen molar-refractivity contribution in [1.82, 2.24) is 15.1 Å². The summed E-state index contributed by atoms with van der Waals surface area (Å²) in [6.45, 7) is 3.04. The largest absolute Gasteiger partial charge is 0.335 e. The highest BCUT2D eigenvalue weighted by atomic mass is 32.1. The summed E-state index contributed by atoms with van der Waals surface area (Å²) < 4.78 is 0. The van der Waals surface area contributed by atoms with E-state index in [1.807, 2.05) is 0 Å². The number of carbonyl (C=O) groups is 1. The average molecular weight is 343 g/mol. The third-order valence-electron chi connectivity index (χ3n) is 4.46. The van der Waals surface area contributed by atoms with Crippen molar-refractivity contribution in [3.05, 3.63) is 47.3 Å². The van der Waals surface area contributed by atoms with Crippen molar-refractivity contribution in [2.75, 3.05) is 27.2 Å². The number of likely N-dealkylation sites (tertiary alicyclic amines) is 1. The van der Waals surface area contributed by atoms with Crippen LogP contribution >= 0.6 is 11.3 Å². The van der Waals surface area contributed by atoms with Crippen LogP contribution in [0, 0.1) is 0 Å². The van der Waals surface area contributed by atoms with Crippen molar-refractivity contribution in [1.29, 1.82) is 0 Å². The van der Waals surface area contributed by atoms with Crippen molar-refractivity contribution in [3.8, 4) is 10.4 Å². The van der Waals surface area contributed by atoms with E-state index in [0.29, 0.717) is 6.04 Å². The number of rotatable bonds is 4. The standard InChI is InChI=1S/C19H25N3OS/c1-21(2)19(23)20-17-8-10-22(11-9-17)14-15-5-3-6-16(13-15)18-7-4-12-24-18/h3-7,12-13,17H,8-11,14H2,1-2H3,(H,20,23). The number of hydrogen-bond donors (Lipinski definition) is 1. The van der Waals surface area contributed by atoms with Crippen LogP contribution in [0.2, 0.25) is 0 Å². The Morgan fingerprint density at radius 3 is 2.71 bits per heavy atom. The molecule has 1 aliphatic rings. The van der Waals surface area contributed by atoms with Crippen LogP contribution in [0.5, 0.6) is 0 Å². The zero-order chi connectivity index (χ0) is 16.9. The molecule has 5 heteroatoms. The van der Waals surface area contributed by atoms with E-state index in [-0.39, 0.29) is 6.03 Å². The van der Waals surface area contributed by atoms with E-state index in [1.165, 1.54) is 16.0 Å². The average Bonchev–Trinajstić information content (AvgIpc) is 3.11. The number of thiophene rings is 1. The minimum Gasteiger partial charge on any atom is -0.335 e. The highest BCUT2D eigenvalue weighted by Gasteiger charge is 2.21. The summed E-state index contributed by atoms with van der Waals surface area (Å²) in [5.41, 5.74) is 2.66. The van der Waals surface area contributed by atoms with Crippen molar-refractivity contribution in [2.24, 2.45) is 0 Å². The van der Waals surface area contributed by atoms with E-state index in [0.717, 1.165) is 32.5 Å². The summed E-state index contributed by atoms with van der Waals surface area (Å²) in [5, 5.41) is 5.21. The lowest BCUT2D eigenvalue weighted by atomic mass is 10.0. The first-order chi connectivity index (χ1) is 11.6. The van der Waals surface area contributed by atoms with Gasteiger partial charge in [0.2, 0.25) is 0 Å². The molecule has 1 aromatic heterocycles. The van der Waals surface area contributed by atoms with Gasteiger partial charge < -0.3 is 10.2 Å². The van der Waals surface area contributed by atoms with E-state index in [2.05, 4.69) is 52.0 Å². The number of nitrogens with zero attached hydrogens (tertiary/aromatic N) is 2. The van der Waals surface area contributed by atoms with Gasteiger partial charge in [0.05, 0.1) is 0 Å². The van der Waals surface area contributed by atoms with Crippen LogP contribution in [-0.2, 0) is 6.54 Å². The molecule has 24 heavy (non-hydrogen) atoms. The maximum absolute atomic E-state index is 11.7. The maximum atomic E-state index is 11.7. The third-order valence-corrected chi connectivity index (χ3v) is 5.38. The normalized spacial score (nSPS) is 16.1. The van der Waals surface area contributed by atoms with Crippen LogP contribution in [0.4, 0.5) is 4.79 Å². The fourth-order valence-electron chi connectivity index (χ4n) is 3.06. The minimum absolute atomic E-state index is 0.0112. The Morgan fingerprint density at radius 2 is 2.04 bits per heavy atom. The number of urea groups is 1. The highest BCUT2D eigenvalue weighted by Crippen LogP contribution is 2.26. The van der Waals surface area contributed by atoms with Gasteiger partial charge in [-0.05, 0) is 41.5 Å². The summed E-state index contributed by atoms with van der Waals surface area (Å²) in [4.78, 5) is 17.1. The Labute approximate surface area is 148 Å². The van der Waals surface area contributed by atoms with Gasteiger partial charge in [-0.3, -0.25) is 4.90 Å². The zero-order valence-corrected chi connectivity index (χ0v) is 15.2. The van der Waals surface area contributed by atoms with Gasteiger partial charge in [0.15, 0.2) is 0 Å². The maximum Gasteiger partial charge on any atom is 0.317 e. The van der Waals surface area contributed by atoms with Gasteiger partial charge in [0, 0.05) is 44.6 Å². The molecule has 1 N–H and O–H groups in total. The molecule has 1 saturated heterocycles. The molecule has 2 aromatic rings. The van der Waals surface area contributed by atoms with Crippen LogP contribution in [0.25, 0.3) is 10.4 Å². The Kier molecular flexibility index (Phi) is 5.53. The SMILES string of the molecule is CN(C)C(=O)NC1CCN(Cc2cccc(-c3cccs3)c2)CC1. The Bertz CT molecular complexity index is 661. The molecule has 128 valence electrons. The smallest absolute Gasteiger partial charge is 0.317 e. The molecule has 0 aliphatic carbocycles. The van der Waals surface area contributed by atoms with Crippen LogP contribution in [0.3, 0.4) is 0 Å². The molecule has 4 nitrogen and oxygen atoms in total. The van der Waals surface area contributed by atoms with Gasteiger partial charge in [0.25, 0.3) is 0 Å². The number of nitrogens with one attached hydrogen (secondary N) is 1. The van der Waals surface area contributed by atoms with E-state index in [9.17, 15) is 4.79 Å². The molecule has 2 heterocycles. The minimum atomic E-state index is 0.0112. The fourth-order valence-corrected chi connectivity index (χ4v) is 3.79. The van der Waals surface area contributed by atoms with Crippen LogP contribution in [-0.4, -0.2) is 49.1 Å². The number of piperidine rings is 1. The lowest BCUT2D eigenvalue weighted by molar-refractivity contribution is 0.178. The third kappa shape index (κ3) is 4.36. The quantitative estimate of drug-likeness (QED) is 0.920. The number of amides is 2. The second-order valence-electron chi connectivity index (χ2n) is 6.57. The van der Waals surface area contributed by atoms with Gasteiger partial charge in [-0.15, -0.1) is 11.3 Å². The Hall–Kier alpha value is -1.85. The van der Waals surface area contributed by atoms with E-state index in [4.69, 9.17) is 0 Å². The number of carbonyl (C=O) groups excluding carboxylic acids is 1. The first kappa shape index (κ1) is 17.0. The summed E-state index contributed by atoms with van der Waals surface area (Å²) in [6.07, 6.45) is 2.04. The Morgan fingerprint density at radius 1 is 1.25 bits per heavy atom. The molecule has 1 aliphatic heterocycles. The predicted octanol–water partition coefficient (Wildman–Crippen LogP) is 3.65. The molecule has 3 rings (SSSR count).